The van der Waals surface area contributed by atoms with E-state index in [2.05, 4.69) is 0 Å². The number of carboxylic acids is 1. The van der Waals surface area contributed by atoms with Crippen LogP contribution in [-0.4, -0.2) is 34.4 Å². The molecule has 1 aromatic carbocycles. The maximum absolute atomic E-state index is 11.3. The van der Waals surface area contributed by atoms with Gasteiger partial charge in [0.25, 0.3) is 5.91 Å². The van der Waals surface area contributed by atoms with Gasteiger partial charge in [0, 0.05) is 19.1 Å². The number of hydrogen-bond acceptors (Lipinski definition) is 6. The normalized spacial score (nSPS) is 9.57. The number of amides is 2. The number of nitro groups is 1. The van der Waals surface area contributed by atoms with Crippen molar-refractivity contribution in [3.63, 3.8) is 0 Å². The molecule has 0 aliphatic rings. The molecule has 1 rings (SSSR count). The predicted octanol–water partition coefficient (Wildman–Crippen LogP) is -0.161. The topological polar surface area (TPSA) is 148 Å². The van der Waals surface area contributed by atoms with E-state index in [1.807, 2.05) is 10.9 Å². The fourth-order valence-electron chi connectivity index (χ4n) is 1.25. The van der Waals surface area contributed by atoms with E-state index in [0.717, 1.165) is 18.2 Å². The van der Waals surface area contributed by atoms with Gasteiger partial charge >= 0.3 is 11.7 Å². The number of ether oxygens (including phenoxy) is 1. The molecule has 0 bridgehead atoms. The second-order valence-electron chi connectivity index (χ2n) is 3.76. The average Bonchev–Trinajstić information content (AvgIpc) is 2.42. The van der Waals surface area contributed by atoms with E-state index in [0.29, 0.717) is 0 Å². The number of nitrogens with zero attached hydrogens (tertiary/aromatic N) is 1. The molecule has 112 valence electrons. The number of rotatable bonds is 5. The largest absolute Gasteiger partial charge is 0.478 e. The molecule has 0 fully saturated rings. The van der Waals surface area contributed by atoms with Crippen LogP contribution in [0.4, 0.5) is 5.69 Å². The highest BCUT2D eigenvalue weighted by molar-refractivity contribution is 5.88. The highest BCUT2D eigenvalue weighted by Gasteiger charge is 2.18. The summed E-state index contributed by atoms with van der Waals surface area (Å²) in [5, 5.41) is 19.6. The molecule has 0 saturated heterocycles. The minimum Gasteiger partial charge on any atom is -0.478 e. The first-order valence-electron chi connectivity index (χ1n) is 5.51. The Morgan fingerprint density at radius 2 is 2.00 bits per heavy atom. The van der Waals surface area contributed by atoms with E-state index in [1.165, 1.54) is 6.92 Å². The average molecular weight is 297 g/mol. The van der Waals surface area contributed by atoms with Gasteiger partial charge in [-0.2, -0.15) is 0 Å². The third-order valence-corrected chi connectivity index (χ3v) is 2.14. The molecule has 3 N–H and O–H groups in total. The molecular weight excluding hydrogens is 286 g/mol. The quantitative estimate of drug-likeness (QED) is 0.505. The number of nitrogens with one attached hydrogen (secondary N) is 2. The number of carboxylic acid groups (broad SMARTS) is 1. The zero-order valence-electron chi connectivity index (χ0n) is 10.8. The SMILES string of the molecule is CC(=O)NNC(=O)COc1cc(C(=O)O)ccc1[N+](=O)[O-]. The summed E-state index contributed by atoms with van der Waals surface area (Å²) in [7, 11) is 0. The molecule has 0 radical (unpaired) electrons. The Kier molecular flexibility index (Phi) is 5.17. The van der Waals surface area contributed by atoms with Gasteiger partial charge in [0.05, 0.1) is 10.5 Å². The van der Waals surface area contributed by atoms with E-state index in [-0.39, 0.29) is 11.3 Å². The summed E-state index contributed by atoms with van der Waals surface area (Å²) >= 11 is 0. The second kappa shape index (κ2) is 6.84. The Morgan fingerprint density at radius 1 is 1.33 bits per heavy atom. The van der Waals surface area contributed by atoms with Crippen molar-refractivity contribution < 1.29 is 29.2 Å². The molecule has 0 aliphatic carbocycles. The zero-order valence-corrected chi connectivity index (χ0v) is 10.8. The number of hydrazine groups is 1. The Hall–Kier alpha value is -3.17. The van der Waals surface area contributed by atoms with E-state index in [4.69, 9.17) is 9.84 Å². The molecule has 21 heavy (non-hydrogen) atoms. The molecule has 0 spiro atoms. The Labute approximate surface area is 117 Å². The highest BCUT2D eigenvalue weighted by Crippen LogP contribution is 2.27. The number of carbonyl (C=O) groups is 3. The fraction of sp³-hybridized carbons (Fsp3) is 0.182. The molecule has 1 aromatic rings. The summed E-state index contributed by atoms with van der Waals surface area (Å²) in [5.41, 5.74) is 3.29. The van der Waals surface area contributed by atoms with E-state index >= 15 is 0 Å². The van der Waals surface area contributed by atoms with Crippen LogP contribution in [0.2, 0.25) is 0 Å². The van der Waals surface area contributed by atoms with Gasteiger partial charge in [0.1, 0.15) is 0 Å². The predicted molar refractivity (Wildman–Crippen MR) is 67.5 cm³/mol. The van der Waals surface area contributed by atoms with E-state index in [1.54, 1.807) is 0 Å². The minimum atomic E-state index is -1.29. The van der Waals surface area contributed by atoms with Gasteiger partial charge in [-0.1, -0.05) is 0 Å². The smallest absolute Gasteiger partial charge is 0.335 e. The van der Waals surface area contributed by atoms with Gasteiger partial charge in [-0.05, 0) is 6.07 Å². The van der Waals surface area contributed by atoms with Crippen molar-refractivity contribution in [3.8, 4) is 5.75 Å². The Balaban J connectivity index is 2.82. The van der Waals surface area contributed by atoms with Crippen molar-refractivity contribution in [2.75, 3.05) is 6.61 Å². The van der Waals surface area contributed by atoms with Gasteiger partial charge in [0.15, 0.2) is 12.4 Å². The molecular formula is C11H11N3O7. The molecule has 0 atom stereocenters. The van der Waals surface area contributed by atoms with Crippen LogP contribution in [0, 0.1) is 10.1 Å². The molecule has 0 aliphatic heterocycles. The summed E-state index contributed by atoms with van der Waals surface area (Å²) in [6.07, 6.45) is 0. The van der Waals surface area contributed by atoms with Crippen LogP contribution in [0.5, 0.6) is 5.75 Å². The summed E-state index contributed by atoms with van der Waals surface area (Å²) < 4.78 is 4.92. The third-order valence-electron chi connectivity index (χ3n) is 2.14. The van der Waals surface area contributed by atoms with Crippen LogP contribution in [0.3, 0.4) is 0 Å². The van der Waals surface area contributed by atoms with Crippen LogP contribution in [0.25, 0.3) is 0 Å². The van der Waals surface area contributed by atoms with Crippen molar-refractivity contribution in [1.29, 1.82) is 0 Å². The van der Waals surface area contributed by atoms with Crippen molar-refractivity contribution in [2.24, 2.45) is 0 Å². The van der Waals surface area contributed by atoms with Crippen LogP contribution in [-0.2, 0) is 9.59 Å². The van der Waals surface area contributed by atoms with E-state index in [9.17, 15) is 24.5 Å². The maximum Gasteiger partial charge on any atom is 0.335 e. The second-order valence-corrected chi connectivity index (χ2v) is 3.76. The molecule has 10 nitrogen and oxygen atoms in total. The first-order valence-corrected chi connectivity index (χ1v) is 5.51. The molecule has 0 aromatic heterocycles. The van der Waals surface area contributed by atoms with Gasteiger partial charge in [-0.25, -0.2) is 4.79 Å². The first kappa shape index (κ1) is 15.9. The zero-order chi connectivity index (χ0) is 16.0. The maximum atomic E-state index is 11.3. The number of carbonyl (C=O) groups excluding carboxylic acids is 2. The van der Waals surface area contributed by atoms with Gasteiger partial charge in [-0.3, -0.25) is 30.6 Å². The van der Waals surface area contributed by atoms with Gasteiger partial charge < -0.3 is 9.84 Å². The standard InChI is InChI=1S/C11H11N3O7/c1-6(15)12-13-10(16)5-21-9-4-7(11(17)18)2-3-8(9)14(19)20/h2-4H,5H2,1H3,(H,12,15)(H,13,16)(H,17,18). The molecule has 0 heterocycles. The lowest BCUT2D eigenvalue weighted by Crippen LogP contribution is -2.42. The molecule has 0 saturated carbocycles. The summed E-state index contributed by atoms with van der Waals surface area (Å²) in [5.74, 6) is -2.93. The fourth-order valence-corrected chi connectivity index (χ4v) is 1.25. The number of hydrogen-bond donors (Lipinski definition) is 3. The number of benzene rings is 1. The lowest BCUT2D eigenvalue weighted by molar-refractivity contribution is -0.385. The van der Waals surface area contributed by atoms with Gasteiger partial charge in [-0.15, -0.1) is 0 Å². The van der Waals surface area contributed by atoms with Gasteiger partial charge in [0.2, 0.25) is 5.91 Å². The number of nitro benzene ring substituents is 1. The summed E-state index contributed by atoms with van der Waals surface area (Å²) in [6, 6.07) is 2.95. The van der Waals surface area contributed by atoms with Crippen molar-refractivity contribution in [1.82, 2.24) is 10.9 Å². The third kappa shape index (κ3) is 4.78. The molecule has 10 heteroatoms. The summed E-state index contributed by atoms with van der Waals surface area (Å²) in [6.45, 7) is 0.534. The van der Waals surface area contributed by atoms with Crippen molar-refractivity contribution in [2.45, 2.75) is 6.92 Å². The van der Waals surface area contributed by atoms with Crippen LogP contribution >= 0.6 is 0 Å². The van der Waals surface area contributed by atoms with Crippen LogP contribution < -0.4 is 15.6 Å². The highest BCUT2D eigenvalue weighted by atomic mass is 16.6. The van der Waals surface area contributed by atoms with Crippen molar-refractivity contribution >= 4 is 23.5 Å². The lowest BCUT2D eigenvalue weighted by atomic mass is 10.2. The minimum absolute atomic E-state index is 0.224. The summed E-state index contributed by atoms with van der Waals surface area (Å²) in [4.78, 5) is 42.7. The lowest BCUT2D eigenvalue weighted by Gasteiger charge is -2.08. The Morgan fingerprint density at radius 3 is 2.52 bits per heavy atom. The molecule has 2 amide bonds. The Bertz CT molecular complexity index is 599. The van der Waals surface area contributed by atoms with Crippen LogP contribution in [0.15, 0.2) is 18.2 Å². The first-order chi connectivity index (χ1) is 9.81. The number of aromatic carboxylic acids is 1. The molecule has 0 unspecified atom stereocenters. The monoisotopic (exact) mass is 297 g/mol. The van der Waals surface area contributed by atoms with E-state index < -0.39 is 35.0 Å². The van der Waals surface area contributed by atoms with Crippen LogP contribution in [0.1, 0.15) is 17.3 Å². The van der Waals surface area contributed by atoms with Crippen molar-refractivity contribution in [3.05, 3.63) is 33.9 Å².